The second kappa shape index (κ2) is 9.42. The summed E-state index contributed by atoms with van der Waals surface area (Å²) in [6.45, 7) is 5.06. The van der Waals surface area contributed by atoms with Gasteiger partial charge in [-0.25, -0.2) is 0 Å². The largest absolute Gasteiger partial charge is 0.372 e. The molecule has 0 unspecified atom stereocenters. The first-order valence-electron chi connectivity index (χ1n) is 9.02. The normalized spacial score (nSPS) is 14.5. The van der Waals surface area contributed by atoms with Gasteiger partial charge in [0.1, 0.15) is 6.54 Å². The molecule has 1 aliphatic rings. The Morgan fingerprint density at radius 1 is 1.08 bits per heavy atom. The Morgan fingerprint density at radius 3 is 2.28 bits per heavy atom. The number of nitrogens with zero attached hydrogens (tertiary/aromatic N) is 3. The lowest BCUT2D eigenvalue weighted by atomic mass is 10.1. The number of hydrogen-bond donors (Lipinski definition) is 1. The zero-order valence-corrected chi connectivity index (χ0v) is 15.6. The lowest BCUT2D eigenvalue weighted by molar-refractivity contribution is -0.123. The predicted molar refractivity (Wildman–Crippen MR) is 102 cm³/mol. The second-order valence-electron chi connectivity index (χ2n) is 6.82. The zero-order valence-electron chi connectivity index (χ0n) is 15.6. The third-order valence-corrected chi connectivity index (χ3v) is 4.45. The number of piperidine rings is 1. The quantitative estimate of drug-likeness (QED) is 0.817. The van der Waals surface area contributed by atoms with Crippen LogP contribution in [0.1, 0.15) is 26.2 Å². The van der Waals surface area contributed by atoms with E-state index in [1.165, 1.54) is 36.8 Å². The first-order valence-corrected chi connectivity index (χ1v) is 9.02. The van der Waals surface area contributed by atoms with E-state index in [-0.39, 0.29) is 18.4 Å². The van der Waals surface area contributed by atoms with Crippen LogP contribution in [0, 0.1) is 0 Å². The van der Waals surface area contributed by atoms with Gasteiger partial charge in [-0.05, 0) is 57.6 Å². The van der Waals surface area contributed by atoms with Gasteiger partial charge in [-0.2, -0.15) is 0 Å². The van der Waals surface area contributed by atoms with Gasteiger partial charge in [0.15, 0.2) is 0 Å². The molecule has 0 radical (unpaired) electrons. The average molecular weight is 346 g/mol. The number of rotatable bonds is 7. The van der Waals surface area contributed by atoms with Crippen LogP contribution in [0.3, 0.4) is 0 Å². The zero-order chi connectivity index (χ0) is 18.2. The van der Waals surface area contributed by atoms with Crippen LogP contribution < -0.4 is 15.1 Å². The summed E-state index contributed by atoms with van der Waals surface area (Å²) in [5.41, 5.74) is 1.94. The van der Waals surface area contributed by atoms with Crippen LogP contribution in [0.25, 0.3) is 0 Å². The van der Waals surface area contributed by atoms with Crippen molar-refractivity contribution >= 4 is 23.2 Å². The molecule has 2 rings (SSSR count). The number of anilines is 2. The van der Waals surface area contributed by atoms with Crippen molar-refractivity contribution in [1.29, 1.82) is 0 Å². The smallest absolute Gasteiger partial charge is 0.240 e. The van der Waals surface area contributed by atoms with Gasteiger partial charge in [0, 0.05) is 44.5 Å². The van der Waals surface area contributed by atoms with Crippen LogP contribution in [0.4, 0.5) is 11.4 Å². The topological polar surface area (TPSA) is 55.9 Å². The fourth-order valence-corrected chi connectivity index (χ4v) is 3.00. The fraction of sp³-hybridized carbons (Fsp3) is 0.579. The van der Waals surface area contributed by atoms with Crippen molar-refractivity contribution in [3.63, 3.8) is 0 Å². The van der Waals surface area contributed by atoms with Crippen LogP contribution >= 0.6 is 0 Å². The monoisotopic (exact) mass is 346 g/mol. The van der Waals surface area contributed by atoms with E-state index in [1.54, 1.807) is 0 Å². The Morgan fingerprint density at radius 2 is 1.72 bits per heavy atom. The number of nitrogens with one attached hydrogen (secondary N) is 1. The van der Waals surface area contributed by atoms with E-state index in [9.17, 15) is 9.59 Å². The van der Waals surface area contributed by atoms with E-state index in [0.717, 1.165) is 25.3 Å². The molecule has 6 heteroatoms. The summed E-state index contributed by atoms with van der Waals surface area (Å²) < 4.78 is 0. The van der Waals surface area contributed by atoms with Crippen LogP contribution in [-0.4, -0.2) is 63.5 Å². The lowest BCUT2D eigenvalue weighted by Gasteiger charge is -2.29. The number of carbonyl (C=O) groups is 2. The highest BCUT2D eigenvalue weighted by Crippen LogP contribution is 2.23. The molecule has 1 heterocycles. The Bertz CT molecular complexity index is 565. The molecule has 0 saturated carbocycles. The van der Waals surface area contributed by atoms with Gasteiger partial charge in [0.2, 0.25) is 11.8 Å². The van der Waals surface area contributed by atoms with Crippen molar-refractivity contribution in [1.82, 2.24) is 10.2 Å². The molecule has 1 aliphatic heterocycles. The highest BCUT2D eigenvalue weighted by Gasteiger charge is 2.17. The molecule has 1 aromatic rings. The average Bonchev–Trinajstić information content (AvgIpc) is 2.60. The van der Waals surface area contributed by atoms with Gasteiger partial charge < -0.3 is 20.0 Å². The summed E-state index contributed by atoms with van der Waals surface area (Å²) in [4.78, 5) is 30.0. The molecule has 25 heavy (non-hydrogen) atoms. The number of hydrogen-bond acceptors (Lipinski definition) is 4. The summed E-state index contributed by atoms with van der Waals surface area (Å²) in [7, 11) is 3.91. The molecule has 1 fully saturated rings. The predicted octanol–water partition coefficient (Wildman–Crippen LogP) is 1.71. The van der Waals surface area contributed by atoms with Crippen LogP contribution in [0.2, 0.25) is 0 Å². The minimum Gasteiger partial charge on any atom is -0.372 e. The minimum absolute atomic E-state index is 0.0474. The molecular weight excluding hydrogens is 316 g/mol. The number of likely N-dealkylation sites (N-methyl/N-ethyl adjacent to an activating group) is 1. The van der Waals surface area contributed by atoms with Gasteiger partial charge >= 0.3 is 0 Å². The maximum atomic E-state index is 12.1. The molecular formula is C19H30N4O2. The Hall–Kier alpha value is -2.08. The van der Waals surface area contributed by atoms with Crippen molar-refractivity contribution in [2.24, 2.45) is 0 Å². The first kappa shape index (κ1) is 19.2. The van der Waals surface area contributed by atoms with Crippen LogP contribution in [-0.2, 0) is 9.59 Å². The van der Waals surface area contributed by atoms with E-state index < -0.39 is 0 Å². The molecule has 1 saturated heterocycles. The summed E-state index contributed by atoms with van der Waals surface area (Å²) in [5.74, 6) is -0.273. The summed E-state index contributed by atoms with van der Waals surface area (Å²) in [6.07, 6.45) is 3.76. The molecule has 0 aliphatic carbocycles. The van der Waals surface area contributed by atoms with Crippen molar-refractivity contribution in [3.05, 3.63) is 24.3 Å². The molecule has 0 atom stereocenters. The standard InChI is InChI=1S/C19H30N4O2/c1-16(24)23(15-19(25)20-11-14-21(2)3)18-9-7-17(8-10-18)22-12-5-4-6-13-22/h7-10H,4-6,11-15H2,1-3H3,(H,20,25). The number of amides is 2. The highest BCUT2D eigenvalue weighted by molar-refractivity contribution is 5.97. The van der Waals surface area contributed by atoms with Gasteiger partial charge in [0.05, 0.1) is 0 Å². The Labute approximate surface area is 150 Å². The SMILES string of the molecule is CC(=O)N(CC(=O)NCCN(C)C)c1ccc(N2CCCCC2)cc1. The molecule has 138 valence electrons. The van der Waals surface area contributed by atoms with Gasteiger partial charge in [-0.15, -0.1) is 0 Å². The summed E-state index contributed by atoms with van der Waals surface area (Å²) >= 11 is 0. The third kappa shape index (κ3) is 6.05. The minimum atomic E-state index is -0.142. The molecule has 0 spiro atoms. The number of carbonyl (C=O) groups excluding carboxylic acids is 2. The number of benzene rings is 1. The van der Waals surface area contributed by atoms with Crippen molar-refractivity contribution < 1.29 is 9.59 Å². The van der Waals surface area contributed by atoms with Crippen LogP contribution in [0.5, 0.6) is 0 Å². The molecule has 0 aromatic heterocycles. The Balaban J connectivity index is 1.97. The third-order valence-electron chi connectivity index (χ3n) is 4.45. The molecule has 0 bridgehead atoms. The van der Waals surface area contributed by atoms with Crippen LogP contribution in [0.15, 0.2) is 24.3 Å². The highest BCUT2D eigenvalue weighted by atomic mass is 16.2. The van der Waals surface area contributed by atoms with E-state index in [1.807, 2.05) is 43.3 Å². The maximum absolute atomic E-state index is 12.1. The van der Waals surface area contributed by atoms with E-state index in [2.05, 4.69) is 10.2 Å². The van der Waals surface area contributed by atoms with E-state index in [0.29, 0.717) is 6.54 Å². The Kier molecular flexibility index (Phi) is 7.25. The summed E-state index contributed by atoms with van der Waals surface area (Å²) in [5, 5.41) is 2.85. The van der Waals surface area contributed by atoms with Crippen molar-refractivity contribution in [2.75, 3.05) is 56.6 Å². The maximum Gasteiger partial charge on any atom is 0.240 e. The van der Waals surface area contributed by atoms with Crippen molar-refractivity contribution in [2.45, 2.75) is 26.2 Å². The molecule has 1 aromatic carbocycles. The second-order valence-corrected chi connectivity index (χ2v) is 6.82. The van der Waals surface area contributed by atoms with Gasteiger partial charge in [-0.1, -0.05) is 0 Å². The molecule has 1 N–H and O–H groups in total. The van der Waals surface area contributed by atoms with Gasteiger partial charge in [0.25, 0.3) is 0 Å². The van der Waals surface area contributed by atoms with E-state index >= 15 is 0 Å². The first-order chi connectivity index (χ1) is 12.0. The van der Waals surface area contributed by atoms with Crippen molar-refractivity contribution in [3.8, 4) is 0 Å². The fourth-order valence-electron chi connectivity index (χ4n) is 3.00. The van der Waals surface area contributed by atoms with E-state index in [4.69, 9.17) is 0 Å². The van der Waals surface area contributed by atoms with Gasteiger partial charge in [-0.3, -0.25) is 9.59 Å². The molecule has 6 nitrogen and oxygen atoms in total. The summed E-state index contributed by atoms with van der Waals surface area (Å²) in [6, 6.07) is 7.94. The molecule has 2 amide bonds. The lowest BCUT2D eigenvalue weighted by Crippen LogP contribution is -2.41.